The number of halogens is 1. The van der Waals surface area contributed by atoms with Gasteiger partial charge in [-0.05, 0) is 29.8 Å². The number of hydrogen-bond acceptors (Lipinski definition) is 3. The third-order valence-electron chi connectivity index (χ3n) is 3.12. The van der Waals surface area contributed by atoms with Crippen LogP contribution in [-0.4, -0.2) is 10.2 Å². The van der Waals surface area contributed by atoms with E-state index in [1.54, 1.807) is 0 Å². The van der Waals surface area contributed by atoms with Gasteiger partial charge in [0.2, 0.25) is 0 Å². The standard InChI is InChI=1S/C17H14BrN3/c18-15-8-6-14(7-9-15)16-10-11-17(21-20-16)19-12-13-4-2-1-3-5-13/h1-11H,12H2,(H,19,21). The van der Waals surface area contributed by atoms with Gasteiger partial charge in [0, 0.05) is 16.6 Å². The van der Waals surface area contributed by atoms with Crippen molar-refractivity contribution in [2.75, 3.05) is 5.32 Å². The Bertz CT molecular complexity index is 694. The molecule has 0 aliphatic carbocycles. The molecule has 3 rings (SSSR count). The molecule has 0 amide bonds. The summed E-state index contributed by atoms with van der Waals surface area (Å²) in [5.41, 5.74) is 3.14. The molecule has 21 heavy (non-hydrogen) atoms. The summed E-state index contributed by atoms with van der Waals surface area (Å²) >= 11 is 3.43. The predicted molar refractivity (Wildman–Crippen MR) is 88.9 cm³/mol. The minimum Gasteiger partial charge on any atom is -0.365 e. The number of rotatable bonds is 4. The molecule has 0 bridgehead atoms. The topological polar surface area (TPSA) is 37.8 Å². The third-order valence-corrected chi connectivity index (χ3v) is 3.65. The quantitative estimate of drug-likeness (QED) is 0.759. The highest BCUT2D eigenvalue weighted by Gasteiger charge is 2.01. The van der Waals surface area contributed by atoms with Crippen LogP contribution in [0, 0.1) is 0 Å². The fourth-order valence-corrected chi connectivity index (χ4v) is 2.25. The van der Waals surface area contributed by atoms with Crippen molar-refractivity contribution in [2.24, 2.45) is 0 Å². The monoisotopic (exact) mass is 339 g/mol. The molecule has 0 saturated heterocycles. The van der Waals surface area contributed by atoms with E-state index < -0.39 is 0 Å². The third kappa shape index (κ3) is 3.67. The van der Waals surface area contributed by atoms with Gasteiger partial charge in [0.15, 0.2) is 0 Å². The van der Waals surface area contributed by atoms with Crippen molar-refractivity contribution in [3.8, 4) is 11.3 Å². The minimum atomic E-state index is 0.743. The second-order valence-corrected chi connectivity index (χ2v) is 5.57. The lowest BCUT2D eigenvalue weighted by Crippen LogP contribution is -2.02. The molecule has 2 aromatic carbocycles. The zero-order valence-corrected chi connectivity index (χ0v) is 12.9. The average Bonchev–Trinajstić information content (AvgIpc) is 2.55. The van der Waals surface area contributed by atoms with Crippen molar-refractivity contribution in [1.29, 1.82) is 0 Å². The Morgan fingerprint density at radius 2 is 1.57 bits per heavy atom. The molecular weight excluding hydrogens is 326 g/mol. The number of anilines is 1. The van der Waals surface area contributed by atoms with E-state index in [0.29, 0.717) is 0 Å². The maximum atomic E-state index is 4.26. The Morgan fingerprint density at radius 3 is 2.24 bits per heavy atom. The second kappa shape index (κ2) is 6.50. The Kier molecular flexibility index (Phi) is 4.26. The Morgan fingerprint density at radius 1 is 0.810 bits per heavy atom. The molecule has 0 saturated carbocycles. The van der Waals surface area contributed by atoms with Crippen LogP contribution < -0.4 is 5.32 Å². The van der Waals surface area contributed by atoms with Crippen molar-refractivity contribution >= 4 is 21.7 Å². The first-order chi connectivity index (χ1) is 10.3. The Hall–Kier alpha value is -2.20. The molecule has 104 valence electrons. The van der Waals surface area contributed by atoms with E-state index in [9.17, 15) is 0 Å². The summed E-state index contributed by atoms with van der Waals surface area (Å²) in [6.45, 7) is 0.743. The number of nitrogens with zero attached hydrogens (tertiary/aromatic N) is 2. The lowest BCUT2D eigenvalue weighted by atomic mass is 10.1. The van der Waals surface area contributed by atoms with Crippen LogP contribution in [0.4, 0.5) is 5.82 Å². The van der Waals surface area contributed by atoms with Gasteiger partial charge < -0.3 is 5.32 Å². The van der Waals surface area contributed by atoms with Gasteiger partial charge in [-0.1, -0.05) is 58.4 Å². The highest BCUT2D eigenvalue weighted by molar-refractivity contribution is 9.10. The summed E-state index contributed by atoms with van der Waals surface area (Å²) in [5.74, 6) is 0.778. The zero-order valence-electron chi connectivity index (χ0n) is 11.3. The van der Waals surface area contributed by atoms with Gasteiger partial charge in [-0.3, -0.25) is 0 Å². The smallest absolute Gasteiger partial charge is 0.148 e. The average molecular weight is 340 g/mol. The highest BCUT2D eigenvalue weighted by Crippen LogP contribution is 2.20. The maximum absolute atomic E-state index is 4.26. The maximum Gasteiger partial charge on any atom is 0.148 e. The van der Waals surface area contributed by atoms with Crippen molar-refractivity contribution in [1.82, 2.24) is 10.2 Å². The molecule has 4 heteroatoms. The van der Waals surface area contributed by atoms with Gasteiger partial charge in [0.25, 0.3) is 0 Å². The highest BCUT2D eigenvalue weighted by atomic mass is 79.9. The molecular formula is C17H14BrN3. The van der Waals surface area contributed by atoms with Crippen LogP contribution >= 0.6 is 15.9 Å². The molecule has 3 nitrogen and oxygen atoms in total. The molecule has 0 aliphatic heterocycles. The molecule has 1 aromatic heterocycles. The van der Waals surface area contributed by atoms with Crippen LogP contribution in [-0.2, 0) is 6.54 Å². The molecule has 0 radical (unpaired) electrons. The normalized spacial score (nSPS) is 10.3. The van der Waals surface area contributed by atoms with Crippen LogP contribution in [0.2, 0.25) is 0 Å². The SMILES string of the molecule is Brc1ccc(-c2ccc(NCc3ccccc3)nn2)cc1. The summed E-state index contributed by atoms with van der Waals surface area (Å²) in [7, 11) is 0. The first kappa shape index (κ1) is 13.8. The van der Waals surface area contributed by atoms with Gasteiger partial charge in [-0.2, -0.15) is 0 Å². The first-order valence-corrected chi connectivity index (χ1v) is 7.48. The lowest BCUT2D eigenvalue weighted by molar-refractivity contribution is 1.01. The fraction of sp³-hybridized carbons (Fsp3) is 0.0588. The fourth-order valence-electron chi connectivity index (χ4n) is 1.99. The molecule has 0 aliphatic rings. The second-order valence-electron chi connectivity index (χ2n) is 4.65. The summed E-state index contributed by atoms with van der Waals surface area (Å²) < 4.78 is 1.06. The van der Waals surface area contributed by atoms with Gasteiger partial charge in [0.1, 0.15) is 5.82 Å². The van der Waals surface area contributed by atoms with Crippen LogP contribution in [0.3, 0.4) is 0 Å². The van der Waals surface area contributed by atoms with E-state index in [-0.39, 0.29) is 0 Å². The van der Waals surface area contributed by atoms with E-state index in [4.69, 9.17) is 0 Å². The Balaban J connectivity index is 1.68. The summed E-state index contributed by atoms with van der Waals surface area (Å²) in [5, 5.41) is 11.8. The molecule has 0 spiro atoms. The van der Waals surface area contributed by atoms with Gasteiger partial charge in [-0.25, -0.2) is 0 Å². The predicted octanol–water partition coefficient (Wildman–Crippen LogP) is 4.52. The van der Waals surface area contributed by atoms with Gasteiger partial charge in [-0.15, -0.1) is 10.2 Å². The molecule has 0 fully saturated rings. The summed E-state index contributed by atoms with van der Waals surface area (Å²) in [6.07, 6.45) is 0. The first-order valence-electron chi connectivity index (χ1n) is 6.69. The molecule has 0 atom stereocenters. The molecule has 1 heterocycles. The zero-order chi connectivity index (χ0) is 14.5. The van der Waals surface area contributed by atoms with E-state index in [0.717, 1.165) is 28.1 Å². The van der Waals surface area contributed by atoms with Crippen LogP contribution in [0.25, 0.3) is 11.3 Å². The van der Waals surface area contributed by atoms with Gasteiger partial charge in [0.05, 0.1) is 5.69 Å². The summed E-state index contributed by atoms with van der Waals surface area (Å²) in [4.78, 5) is 0. The number of nitrogens with one attached hydrogen (secondary N) is 1. The van der Waals surface area contributed by atoms with Crippen LogP contribution in [0.15, 0.2) is 71.2 Å². The largest absolute Gasteiger partial charge is 0.365 e. The van der Waals surface area contributed by atoms with Gasteiger partial charge >= 0.3 is 0 Å². The minimum absolute atomic E-state index is 0.743. The lowest BCUT2D eigenvalue weighted by Gasteiger charge is -2.06. The number of aromatic nitrogens is 2. The van der Waals surface area contributed by atoms with Crippen molar-refractivity contribution < 1.29 is 0 Å². The van der Waals surface area contributed by atoms with Crippen LogP contribution in [0.5, 0.6) is 0 Å². The molecule has 1 N–H and O–H groups in total. The number of hydrogen-bond donors (Lipinski definition) is 1. The van der Waals surface area contributed by atoms with E-state index >= 15 is 0 Å². The Labute approximate surface area is 132 Å². The van der Waals surface area contributed by atoms with Crippen molar-refractivity contribution in [3.63, 3.8) is 0 Å². The van der Waals surface area contributed by atoms with E-state index in [1.165, 1.54) is 5.56 Å². The molecule has 0 unspecified atom stereocenters. The van der Waals surface area contributed by atoms with Crippen molar-refractivity contribution in [3.05, 3.63) is 76.8 Å². The summed E-state index contributed by atoms with van der Waals surface area (Å²) in [6, 6.07) is 22.2. The molecule has 3 aromatic rings. The number of benzene rings is 2. The van der Waals surface area contributed by atoms with E-state index in [1.807, 2.05) is 54.6 Å². The van der Waals surface area contributed by atoms with Crippen molar-refractivity contribution in [2.45, 2.75) is 6.54 Å². The van der Waals surface area contributed by atoms with Crippen LogP contribution in [0.1, 0.15) is 5.56 Å². The van der Waals surface area contributed by atoms with E-state index in [2.05, 4.69) is 43.6 Å².